The molecule has 2 heterocycles. The van der Waals surface area contributed by atoms with E-state index in [1.807, 2.05) is 0 Å². The van der Waals surface area contributed by atoms with Crippen molar-refractivity contribution in [3.05, 3.63) is 71.4 Å². The van der Waals surface area contributed by atoms with Crippen LogP contribution in [0.15, 0.2) is 59.7 Å². The zero-order chi connectivity index (χ0) is 22.4. The van der Waals surface area contributed by atoms with Crippen molar-refractivity contribution >= 4 is 33.7 Å². The molecule has 3 rings (SSSR count). The summed E-state index contributed by atoms with van der Waals surface area (Å²) in [4.78, 5) is 26.4. The zero-order valence-corrected chi connectivity index (χ0v) is 17.0. The van der Waals surface area contributed by atoms with Crippen molar-refractivity contribution in [2.45, 2.75) is 17.7 Å². The van der Waals surface area contributed by atoms with Crippen molar-refractivity contribution in [1.29, 1.82) is 0 Å². The predicted molar refractivity (Wildman–Crippen MR) is 111 cm³/mol. The van der Waals surface area contributed by atoms with Crippen molar-refractivity contribution in [3.8, 4) is 0 Å². The third-order valence-electron chi connectivity index (χ3n) is 4.57. The Labute approximate surface area is 178 Å². The molecule has 11 heteroatoms. The summed E-state index contributed by atoms with van der Waals surface area (Å²) in [7, 11) is -3.81. The molecule has 0 saturated heterocycles. The lowest BCUT2D eigenvalue weighted by Crippen LogP contribution is -2.29. The van der Waals surface area contributed by atoms with Crippen LogP contribution in [0.5, 0.6) is 0 Å². The molecule has 10 nitrogen and oxygen atoms in total. The van der Waals surface area contributed by atoms with Crippen LogP contribution < -0.4 is 15.3 Å². The van der Waals surface area contributed by atoms with E-state index < -0.39 is 21.8 Å². The maximum atomic E-state index is 13.1. The van der Waals surface area contributed by atoms with Gasteiger partial charge >= 0.3 is 0 Å². The Morgan fingerprint density at radius 2 is 1.77 bits per heavy atom. The second-order valence-electron chi connectivity index (χ2n) is 6.61. The van der Waals surface area contributed by atoms with E-state index in [2.05, 4.69) is 4.98 Å². The number of allylic oxidation sites excluding steroid dienone is 1. The summed E-state index contributed by atoms with van der Waals surface area (Å²) in [5.74, 6) is -0.985. The summed E-state index contributed by atoms with van der Waals surface area (Å²) in [6.07, 6.45) is 7.65. The SMILES string of the molecule is O=C(/C=C/Cc1ccc(S(=O)(=O)N2CCc3cc(/C=C/C(=O)NO)cnc32)cc1)NO. The average Bonchev–Trinajstić information content (AvgIpc) is 3.21. The van der Waals surface area contributed by atoms with E-state index in [1.54, 1.807) is 24.3 Å². The zero-order valence-electron chi connectivity index (χ0n) is 16.2. The summed E-state index contributed by atoms with van der Waals surface area (Å²) < 4.78 is 27.4. The van der Waals surface area contributed by atoms with Gasteiger partial charge in [-0.25, -0.2) is 28.7 Å². The number of carbonyl (C=O) groups is 2. The van der Waals surface area contributed by atoms with E-state index in [1.165, 1.54) is 45.7 Å². The second-order valence-corrected chi connectivity index (χ2v) is 8.48. The van der Waals surface area contributed by atoms with Crippen LogP contribution in [0.1, 0.15) is 16.7 Å². The Bertz CT molecular complexity index is 1140. The first-order valence-electron chi connectivity index (χ1n) is 9.18. The number of hydrogen-bond acceptors (Lipinski definition) is 7. The summed E-state index contributed by atoms with van der Waals surface area (Å²) in [6, 6.07) is 8.04. The fourth-order valence-corrected chi connectivity index (χ4v) is 4.51. The number of hydroxylamine groups is 2. The molecule has 2 aromatic rings. The fourth-order valence-electron chi connectivity index (χ4n) is 3.06. The molecule has 0 saturated carbocycles. The van der Waals surface area contributed by atoms with Gasteiger partial charge in [0.2, 0.25) is 0 Å². The number of pyridine rings is 1. The topological polar surface area (TPSA) is 149 Å². The highest BCUT2D eigenvalue weighted by atomic mass is 32.2. The van der Waals surface area contributed by atoms with Crippen LogP contribution in [-0.2, 0) is 32.5 Å². The number of nitrogens with one attached hydrogen (secondary N) is 2. The van der Waals surface area contributed by atoms with Crippen LogP contribution in [0, 0.1) is 0 Å². The van der Waals surface area contributed by atoms with Crippen LogP contribution in [0.4, 0.5) is 5.82 Å². The van der Waals surface area contributed by atoms with Gasteiger partial charge in [-0.05, 0) is 53.8 Å². The second kappa shape index (κ2) is 9.51. The summed E-state index contributed by atoms with van der Waals surface area (Å²) in [5.41, 5.74) is 5.12. The molecule has 1 aromatic heterocycles. The van der Waals surface area contributed by atoms with E-state index >= 15 is 0 Å². The minimum Gasteiger partial charge on any atom is -0.288 e. The van der Waals surface area contributed by atoms with E-state index in [0.29, 0.717) is 24.2 Å². The Balaban J connectivity index is 1.76. The number of hydrogen-bond donors (Lipinski definition) is 4. The molecule has 0 atom stereocenters. The van der Waals surface area contributed by atoms with Gasteiger partial charge in [-0.15, -0.1) is 0 Å². The molecule has 2 amide bonds. The number of aromatic nitrogens is 1. The molecule has 0 radical (unpaired) electrons. The number of anilines is 1. The molecule has 162 valence electrons. The van der Waals surface area contributed by atoms with Crippen LogP contribution in [0.25, 0.3) is 6.08 Å². The number of sulfonamides is 1. The van der Waals surface area contributed by atoms with Crippen molar-refractivity contribution in [1.82, 2.24) is 15.9 Å². The van der Waals surface area contributed by atoms with Crippen LogP contribution >= 0.6 is 0 Å². The number of nitrogens with zero attached hydrogens (tertiary/aromatic N) is 2. The quantitative estimate of drug-likeness (QED) is 0.282. The van der Waals surface area contributed by atoms with E-state index in [4.69, 9.17) is 10.4 Å². The number of carbonyl (C=O) groups excluding carboxylic acids is 2. The minimum atomic E-state index is -3.81. The predicted octanol–water partition coefficient (Wildman–Crippen LogP) is 0.956. The Hall–Kier alpha value is -3.54. The number of amides is 2. The highest BCUT2D eigenvalue weighted by Crippen LogP contribution is 2.31. The fraction of sp³-hybridized carbons (Fsp3) is 0.150. The summed E-state index contributed by atoms with van der Waals surface area (Å²) >= 11 is 0. The monoisotopic (exact) mass is 444 g/mol. The number of rotatable bonds is 7. The first kappa shape index (κ1) is 22.2. The van der Waals surface area contributed by atoms with Gasteiger partial charge in [0.15, 0.2) is 0 Å². The summed E-state index contributed by atoms with van der Waals surface area (Å²) in [5, 5.41) is 17.0. The molecular formula is C20H20N4O6S. The third-order valence-corrected chi connectivity index (χ3v) is 6.37. The maximum Gasteiger partial charge on any atom is 0.267 e. The van der Waals surface area contributed by atoms with Gasteiger partial charge in [0, 0.05) is 24.9 Å². The van der Waals surface area contributed by atoms with Gasteiger partial charge in [0.05, 0.1) is 4.90 Å². The molecule has 1 aliphatic heterocycles. The first-order chi connectivity index (χ1) is 14.8. The molecule has 4 N–H and O–H groups in total. The molecule has 0 unspecified atom stereocenters. The molecular weight excluding hydrogens is 424 g/mol. The van der Waals surface area contributed by atoms with E-state index in [0.717, 1.165) is 17.2 Å². The molecule has 0 fully saturated rings. The van der Waals surface area contributed by atoms with Gasteiger partial charge < -0.3 is 0 Å². The van der Waals surface area contributed by atoms with Gasteiger partial charge in [0.25, 0.3) is 21.8 Å². The van der Waals surface area contributed by atoms with Crippen LogP contribution in [0.2, 0.25) is 0 Å². The third kappa shape index (κ3) is 5.15. The van der Waals surface area contributed by atoms with Gasteiger partial charge in [-0.1, -0.05) is 18.2 Å². The lowest BCUT2D eigenvalue weighted by Gasteiger charge is -2.18. The average molecular weight is 444 g/mol. The van der Waals surface area contributed by atoms with Crippen LogP contribution in [-0.4, -0.2) is 42.2 Å². The van der Waals surface area contributed by atoms with Crippen LogP contribution in [0.3, 0.4) is 0 Å². The smallest absolute Gasteiger partial charge is 0.267 e. The number of fused-ring (bicyclic) bond motifs is 1. The van der Waals surface area contributed by atoms with E-state index in [9.17, 15) is 18.0 Å². The molecule has 1 aliphatic rings. The first-order valence-corrected chi connectivity index (χ1v) is 10.6. The standard InChI is InChI=1S/C20H20N4O6S/c25-18(22-27)3-1-2-14-4-7-17(8-5-14)31(29,30)24-11-10-16-12-15(13-21-20(16)24)6-9-19(26)23-28/h1,3-9,12-13,27-28H,2,10-11H2,(H,22,25)(H,23,26)/b3-1+,9-6+. The van der Waals surface area contributed by atoms with Gasteiger partial charge in [0.1, 0.15) is 5.82 Å². The van der Waals surface area contributed by atoms with Crippen molar-refractivity contribution in [2.24, 2.45) is 0 Å². The van der Waals surface area contributed by atoms with Crippen molar-refractivity contribution < 1.29 is 28.4 Å². The maximum absolute atomic E-state index is 13.1. The van der Waals surface area contributed by atoms with Gasteiger partial charge in [-0.3, -0.25) is 20.0 Å². The lowest BCUT2D eigenvalue weighted by atomic mass is 10.1. The normalized spacial score (nSPS) is 13.5. The molecule has 0 spiro atoms. The lowest BCUT2D eigenvalue weighted by molar-refractivity contribution is -0.124. The summed E-state index contributed by atoms with van der Waals surface area (Å²) in [6.45, 7) is 0.246. The Morgan fingerprint density at radius 1 is 1.10 bits per heavy atom. The molecule has 31 heavy (non-hydrogen) atoms. The van der Waals surface area contributed by atoms with Gasteiger partial charge in [-0.2, -0.15) is 0 Å². The Kier molecular flexibility index (Phi) is 6.80. The number of benzene rings is 1. The van der Waals surface area contributed by atoms with E-state index in [-0.39, 0.29) is 11.4 Å². The highest BCUT2D eigenvalue weighted by molar-refractivity contribution is 7.92. The highest BCUT2D eigenvalue weighted by Gasteiger charge is 2.32. The molecule has 0 bridgehead atoms. The molecule has 0 aliphatic carbocycles. The molecule has 1 aromatic carbocycles. The minimum absolute atomic E-state index is 0.117. The van der Waals surface area contributed by atoms with Crippen molar-refractivity contribution in [3.63, 3.8) is 0 Å². The van der Waals surface area contributed by atoms with Crippen molar-refractivity contribution in [2.75, 3.05) is 10.8 Å². The Morgan fingerprint density at radius 3 is 2.45 bits per heavy atom. The largest absolute Gasteiger partial charge is 0.288 e.